The lowest BCUT2D eigenvalue weighted by Gasteiger charge is -2.48. The molecule has 192 valence electrons. The fraction of sp³-hybridized carbons (Fsp3) is 0.690. The third kappa shape index (κ3) is 6.59. The molecule has 2 fully saturated rings. The van der Waals surface area contributed by atoms with Gasteiger partial charge in [0.1, 0.15) is 17.9 Å². The molecule has 1 aromatic rings. The maximum absolute atomic E-state index is 13.3. The fourth-order valence-corrected chi connectivity index (χ4v) is 5.85. The van der Waals surface area contributed by atoms with Crippen LogP contribution in [0.1, 0.15) is 95.3 Å². The van der Waals surface area contributed by atoms with E-state index >= 15 is 0 Å². The van der Waals surface area contributed by atoms with Crippen molar-refractivity contribution in [1.82, 2.24) is 0 Å². The molecule has 3 aliphatic rings. The van der Waals surface area contributed by atoms with Gasteiger partial charge in [-0.3, -0.25) is 4.79 Å². The maximum Gasteiger partial charge on any atom is 0.165 e. The molecule has 6 heteroatoms. The molecule has 0 bridgehead atoms. The van der Waals surface area contributed by atoms with E-state index in [-0.39, 0.29) is 36.1 Å². The van der Waals surface area contributed by atoms with Crippen molar-refractivity contribution in [2.45, 2.75) is 108 Å². The third-order valence-corrected chi connectivity index (χ3v) is 7.86. The number of nitrogens with zero attached hydrogens (tertiary/aromatic N) is 1. The lowest BCUT2D eigenvalue weighted by Crippen LogP contribution is -2.50. The number of hydrogen-bond acceptors (Lipinski definition) is 6. The summed E-state index contributed by atoms with van der Waals surface area (Å²) in [5.41, 5.74) is 1.23. The minimum atomic E-state index is -0.776. The van der Waals surface area contributed by atoms with E-state index in [2.05, 4.69) is 18.2 Å². The summed E-state index contributed by atoms with van der Waals surface area (Å²) in [4.78, 5) is 24.1. The van der Waals surface area contributed by atoms with E-state index in [9.17, 15) is 9.70 Å². The first-order chi connectivity index (χ1) is 16.8. The van der Waals surface area contributed by atoms with Gasteiger partial charge in [0.05, 0.1) is 17.8 Å². The van der Waals surface area contributed by atoms with Crippen molar-refractivity contribution in [2.75, 3.05) is 13.2 Å². The molecule has 1 saturated carbocycles. The Morgan fingerprint density at radius 2 is 1.91 bits per heavy atom. The monoisotopic (exact) mass is 483 g/mol. The minimum Gasteiger partial charge on any atom is -0.491 e. The molecule has 1 spiro atoms. The number of carbonyl (C=O) groups is 1. The number of rotatable bonds is 9. The van der Waals surface area contributed by atoms with Crippen molar-refractivity contribution in [1.29, 1.82) is 0 Å². The van der Waals surface area contributed by atoms with Gasteiger partial charge in [0.25, 0.3) is 0 Å². The Balaban J connectivity index is 1.36. The zero-order chi connectivity index (χ0) is 24.9. The summed E-state index contributed by atoms with van der Waals surface area (Å²) in [6, 6.07) is 7.27. The van der Waals surface area contributed by atoms with Crippen molar-refractivity contribution in [3.05, 3.63) is 46.4 Å². The zero-order valence-electron chi connectivity index (χ0n) is 21.6. The van der Waals surface area contributed by atoms with Gasteiger partial charge in [-0.05, 0) is 102 Å². The number of ether oxygens (including phenoxy) is 3. The summed E-state index contributed by atoms with van der Waals surface area (Å²) < 4.78 is 18.6. The normalized spacial score (nSPS) is 29.5. The molecule has 4 rings (SSSR count). The average molecular weight is 484 g/mol. The van der Waals surface area contributed by atoms with E-state index < -0.39 is 5.54 Å². The fourth-order valence-electron chi connectivity index (χ4n) is 5.85. The highest BCUT2D eigenvalue weighted by atomic mass is 16.5. The molecular formula is C29H41NO5. The number of nitroso groups, excluding NO2 is 1. The van der Waals surface area contributed by atoms with Gasteiger partial charge < -0.3 is 14.2 Å². The largest absolute Gasteiger partial charge is 0.491 e. The van der Waals surface area contributed by atoms with E-state index in [0.29, 0.717) is 11.3 Å². The van der Waals surface area contributed by atoms with Crippen LogP contribution in [0.5, 0.6) is 5.75 Å². The highest BCUT2D eigenvalue weighted by Crippen LogP contribution is 2.46. The minimum absolute atomic E-state index is 0.0222. The highest BCUT2D eigenvalue weighted by molar-refractivity contribution is 5.98. The Labute approximate surface area is 209 Å². The Kier molecular flexibility index (Phi) is 8.43. The number of Topliss-reactive ketones (excluding diaryl/α,β-unsaturated/α-hetero) is 1. The summed E-state index contributed by atoms with van der Waals surface area (Å²) in [5, 5.41) is 3.07. The maximum atomic E-state index is 13.3. The van der Waals surface area contributed by atoms with Crippen LogP contribution in [0.4, 0.5) is 0 Å². The van der Waals surface area contributed by atoms with Gasteiger partial charge in [0.2, 0.25) is 0 Å². The molecule has 2 aliphatic carbocycles. The second kappa shape index (κ2) is 11.3. The lowest BCUT2D eigenvalue weighted by atomic mass is 9.71. The van der Waals surface area contributed by atoms with Crippen LogP contribution >= 0.6 is 0 Å². The summed E-state index contributed by atoms with van der Waals surface area (Å²) >= 11 is 0. The van der Waals surface area contributed by atoms with Crippen molar-refractivity contribution in [3.8, 4) is 5.75 Å². The Morgan fingerprint density at radius 1 is 1.17 bits per heavy atom. The standard InChI is InChI=1S/C29H41NO5/c1-4-33-25-18-26(21-8-6-5-7-9-21)35-29(19-25)16-14-23(15-17-29)27(31)22-10-12-24(13-11-22)34-20-28(2,3)30-32/h8,10-13,23,25-26H,4-7,9,14-20H2,1-3H3. The molecule has 0 amide bonds. The molecule has 35 heavy (non-hydrogen) atoms. The van der Waals surface area contributed by atoms with Gasteiger partial charge in [-0.15, -0.1) is 0 Å². The molecule has 0 N–H and O–H groups in total. The van der Waals surface area contributed by atoms with E-state index in [1.165, 1.54) is 18.4 Å². The topological polar surface area (TPSA) is 74.2 Å². The predicted octanol–water partition coefficient (Wildman–Crippen LogP) is 6.81. The summed E-state index contributed by atoms with van der Waals surface area (Å²) in [5.74, 6) is 0.862. The van der Waals surface area contributed by atoms with Crippen LogP contribution in [0.25, 0.3) is 0 Å². The van der Waals surface area contributed by atoms with E-state index in [4.69, 9.17) is 14.2 Å². The van der Waals surface area contributed by atoms with Crippen molar-refractivity contribution in [2.24, 2.45) is 11.1 Å². The molecule has 1 heterocycles. The Hall–Kier alpha value is -2.05. The molecule has 2 unspecified atom stereocenters. The quantitative estimate of drug-likeness (QED) is 0.219. The van der Waals surface area contributed by atoms with E-state index in [1.54, 1.807) is 26.0 Å². The van der Waals surface area contributed by atoms with E-state index in [0.717, 1.165) is 58.0 Å². The van der Waals surface area contributed by atoms with Crippen LogP contribution < -0.4 is 4.74 Å². The average Bonchev–Trinajstić information content (AvgIpc) is 2.88. The predicted molar refractivity (Wildman–Crippen MR) is 137 cm³/mol. The van der Waals surface area contributed by atoms with Crippen molar-refractivity contribution >= 4 is 5.78 Å². The third-order valence-electron chi connectivity index (χ3n) is 7.86. The molecule has 0 radical (unpaired) electrons. The van der Waals surface area contributed by atoms with Gasteiger partial charge in [0, 0.05) is 30.9 Å². The first kappa shape index (κ1) is 26.0. The van der Waals surface area contributed by atoms with Crippen molar-refractivity contribution < 1.29 is 19.0 Å². The van der Waals surface area contributed by atoms with Crippen LogP contribution in [0, 0.1) is 10.8 Å². The Morgan fingerprint density at radius 3 is 2.54 bits per heavy atom. The van der Waals surface area contributed by atoms with Gasteiger partial charge in [-0.2, -0.15) is 4.91 Å². The molecule has 1 saturated heterocycles. The molecule has 0 aromatic heterocycles. The van der Waals surface area contributed by atoms with Crippen LogP contribution in [0.3, 0.4) is 0 Å². The smallest absolute Gasteiger partial charge is 0.165 e. The van der Waals surface area contributed by atoms with Gasteiger partial charge in [-0.1, -0.05) is 11.3 Å². The van der Waals surface area contributed by atoms with Crippen LogP contribution in [-0.2, 0) is 9.47 Å². The summed E-state index contributed by atoms with van der Waals surface area (Å²) in [7, 11) is 0. The van der Waals surface area contributed by atoms with E-state index in [1.807, 2.05) is 12.1 Å². The first-order valence-electron chi connectivity index (χ1n) is 13.4. The van der Waals surface area contributed by atoms with Crippen LogP contribution in [0.2, 0.25) is 0 Å². The second-order valence-corrected chi connectivity index (χ2v) is 11.2. The molecular weight excluding hydrogens is 442 g/mol. The molecule has 6 nitrogen and oxygen atoms in total. The Bertz CT molecular complexity index is 898. The van der Waals surface area contributed by atoms with Crippen LogP contribution in [0.15, 0.2) is 41.1 Å². The van der Waals surface area contributed by atoms with Crippen LogP contribution in [-0.4, -0.2) is 42.3 Å². The number of allylic oxidation sites excluding steroid dienone is 1. The van der Waals surface area contributed by atoms with Crippen molar-refractivity contribution in [3.63, 3.8) is 0 Å². The first-order valence-corrected chi connectivity index (χ1v) is 13.4. The number of ketones is 1. The molecule has 1 aliphatic heterocycles. The lowest BCUT2D eigenvalue weighted by molar-refractivity contribution is -0.177. The number of benzene rings is 1. The van der Waals surface area contributed by atoms with Gasteiger partial charge in [-0.25, -0.2) is 0 Å². The van der Waals surface area contributed by atoms with Gasteiger partial charge in [0.15, 0.2) is 5.78 Å². The summed E-state index contributed by atoms with van der Waals surface area (Å²) in [6.45, 7) is 6.47. The highest BCUT2D eigenvalue weighted by Gasteiger charge is 2.46. The summed E-state index contributed by atoms with van der Waals surface area (Å²) in [6.07, 6.45) is 13.0. The molecule has 1 aromatic carbocycles. The van der Waals surface area contributed by atoms with Gasteiger partial charge >= 0.3 is 0 Å². The number of carbonyl (C=O) groups excluding carboxylic acids is 1. The zero-order valence-corrected chi connectivity index (χ0v) is 21.6. The SMILES string of the molecule is CCOC1CC(C2=CCCCC2)OC2(CCC(C(=O)c3ccc(OCC(C)(C)N=O)cc3)CC2)C1. The molecule has 2 atom stereocenters. The number of hydrogen-bond donors (Lipinski definition) is 0. The second-order valence-electron chi connectivity index (χ2n) is 11.2.